The van der Waals surface area contributed by atoms with Crippen molar-refractivity contribution in [1.29, 1.82) is 0 Å². The Kier molecular flexibility index (Phi) is 5.25. The van der Waals surface area contributed by atoms with Crippen molar-refractivity contribution in [1.82, 2.24) is 4.31 Å². The highest BCUT2D eigenvalue weighted by Crippen LogP contribution is 2.24. The number of terminal acetylenes is 1. The van der Waals surface area contributed by atoms with E-state index in [1.165, 1.54) is 12.1 Å². The van der Waals surface area contributed by atoms with E-state index in [0.717, 1.165) is 10.4 Å². The Labute approximate surface area is 118 Å². The Balaban J connectivity index is 3.31. The van der Waals surface area contributed by atoms with Gasteiger partial charge in [-0.25, -0.2) is 8.42 Å². The van der Waals surface area contributed by atoms with E-state index in [2.05, 4.69) is 5.92 Å². The van der Waals surface area contributed by atoms with Gasteiger partial charge in [0.25, 0.3) is 5.69 Å². The van der Waals surface area contributed by atoms with Gasteiger partial charge in [0.1, 0.15) is 0 Å². The van der Waals surface area contributed by atoms with Gasteiger partial charge in [0.15, 0.2) is 0 Å². The van der Waals surface area contributed by atoms with Crippen molar-refractivity contribution >= 4 is 15.7 Å². The highest BCUT2D eigenvalue weighted by molar-refractivity contribution is 7.89. The van der Waals surface area contributed by atoms with Crippen LogP contribution in [0.1, 0.15) is 18.9 Å². The summed E-state index contributed by atoms with van der Waals surface area (Å²) in [7, 11) is -3.81. The molecule has 0 N–H and O–H groups in total. The van der Waals surface area contributed by atoms with Gasteiger partial charge in [-0.15, -0.1) is 6.42 Å². The Morgan fingerprint density at radius 2 is 2.10 bits per heavy atom. The molecule has 0 spiro atoms. The van der Waals surface area contributed by atoms with E-state index < -0.39 is 14.9 Å². The van der Waals surface area contributed by atoms with Crippen molar-refractivity contribution in [2.24, 2.45) is 0 Å². The number of nitro groups is 1. The second-order valence-corrected chi connectivity index (χ2v) is 6.19. The summed E-state index contributed by atoms with van der Waals surface area (Å²) in [6.45, 7) is 3.60. The van der Waals surface area contributed by atoms with Crippen LogP contribution in [0.25, 0.3) is 0 Å². The van der Waals surface area contributed by atoms with E-state index in [1.807, 2.05) is 6.92 Å². The van der Waals surface area contributed by atoms with Crippen molar-refractivity contribution in [3.05, 3.63) is 33.9 Å². The SMILES string of the molecule is C#CCN(CCC)S(=O)(=O)c1ccc(C)c([N+](=O)[O-])c1. The van der Waals surface area contributed by atoms with Gasteiger partial charge in [0.05, 0.1) is 16.4 Å². The molecule has 7 heteroatoms. The highest BCUT2D eigenvalue weighted by atomic mass is 32.2. The molecule has 0 unspecified atom stereocenters. The first-order valence-electron chi connectivity index (χ1n) is 6.03. The lowest BCUT2D eigenvalue weighted by Crippen LogP contribution is -2.32. The molecule has 0 radical (unpaired) electrons. The van der Waals surface area contributed by atoms with Gasteiger partial charge in [0.2, 0.25) is 10.0 Å². The first-order valence-corrected chi connectivity index (χ1v) is 7.47. The summed E-state index contributed by atoms with van der Waals surface area (Å²) in [5, 5.41) is 10.9. The molecule has 1 rings (SSSR count). The minimum Gasteiger partial charge on any atom is -0.258 e. The Bertz CT molecular complexity index is 647. The molecule has 0 heterocycles. The lowest BCUT2D eigenvalue weighted by molar-refractivity contribution is -0.385. The first kappa shape index (κ1) is 16.1. The van der Waals surface area contributed by atoms with Crippen LogP contribution in [0.3, 0.4) is 0 Å². The molecule has 0 atom stereocenters. The predicted molar refractivity (Wildman–Crippen MR) is 75.7 cm³/mol. The summed E-state index contributed by atoms with van der Waals surface area (Å²) in [4.78, 5) is 10.2. The third-order valence-corrected chi connectivity index (χ3v) is 4.60. The first-order chi connectivity index (χ1) is 9.34. The minimum absolute atomic E-state index is 0.0577. The molecular weight excluding hydrogens is 280 g/mol. The quantitative estimate of drug-likeness (QED) is 0.456. The molecule has 0 aromatic heterocycles. The topological polar surface area (TPSA) is 80.5 Å². The fourth-order valence-corrected chi connectivity index (χ4v) is 3.20. The second-order valence-electron chi connectivity index (χ2n) is 4.25. The van der Waals surface area contributed by atoms with Gasteiger partial charge in [0, 0.05) is 18.2 Å². The number of sulfonamides is 1. The fraction of sp³-hybridized carbons (Fsp3) is 0.385. The lowest BCUT2D eigenvalue weighted by Gasteiger charge is -2.19. The maximum absolute atomic E-state index is 12.4. The van der Waals surface area contributed by atoms with Gasteiger partial charge in [-0.3, -0.25) is 10.1 Å². The molecular formula is C13H16N2O4S. The van der Waals surface area contributed by atoms with Crippen molar-refractivity contribution in [2.45, 2.75) is 25.2 Å². The number of hydrogen-bond donors (Lipinski definition) is 0. The van der Waals surface area contributed by atoms with E-state index in [9.17, 15) is 18.5 Å². The normalized spacial score (nSPS) is 11.3. The van der Waals surface area contributed by atoms with Gasteiger partial charge in [-0.2, -0.15) is 4.31 Å². The smallest absolute Gasteiger partial charge is 0.258 e. The predicted octanol–water partition coefficient (Wildman–Crippen LogP) is 1.94. The third kappa shape index (κ3) is 3.35. The van der Waals surface area contributed by atoms with Gasteiger partial charge in [-0.1, -0.05) is 18.9 Å². The van der Waals surface area contributed by atoms with Crippen LogP contribution in [0, 0.1) is 29.4 Å². The van der Waals surface area contributed by atoms with Crippen LogP contribution in [0.4, 0.5) is 5.69 Å². The number of aryl methyl sites for hydroxylation is 1. The Morgan fingerprint density at radius 1 is 1.45 bits per heavy atom. The van der Waals surface area contributed by atoms with Crippen LogP contribution in [-0.4, -0.2) is 30.7 Å². The van der Waals surface area contributed by atoms with E-state index >= 15 is 0 Å². The molecule has 0 bridgehead atoms. The Hall–Kier alpha value is -1.91. The summed E-state index contributed by atoms with van der Waals surface area (Å²) in [5.41, 5.74) is 0.191. The number of nitro benzene ring substituents is 1. The molecule has 0 aliphatic carbocycles. The van der Waals surface area contributed by atoms with Crippen LogP contribution >= 0.6 is 0 Å². The van der Waals surface area contributed by atoms with Crippen molar-refractivity contribution in [2.75, 3.05) is 13.1 Å². The maximum Gasteiger partial charge on any atom is 0.273 e. The largest absolute Gasteiger partial charge is 0.273 e. The number of benzene rings is 1. The molecule has 108 valence electrons. The molecule has 0 amide bonds. The van der Waals surface area contributed by atoms with Crippen LogP contribution in [0.15, 0.2) is 23.1 Å². The monoisotopic (exact) mass is 296 g/mol. The van der Waals surface area contributed by atoms with Crippen LogP contribution in [0.2, 0.25) is 0 Å². The molecule has 20 heavy (non-hydrogen) atoms. The number of rotatable bonds is 6. The molecule has 0 saturated carbocycles. The van der Waals surface area contributed by atoms with E-state index in [1.54, 1.807) is 6.92 Å². The van der Waals surface area contributed by atoms with Gasteiger partial charge in [-0.05, 0) is 19.4 Å². The standard InChI is InChI=1S/C13H16N2O4S/c1-4-8-14(9-5-2)20(18,19)12-7-6-11(3)13(10-12)15(16)17/h1,6-7,10H,5,8-9H2,2-3H3. The van der Waals surface area contributed by atoms with Crippen LogP contribution in [-0.2, 0) is 10.0 Å². The van der Waals surface area contributed by atoms with Gasteiger partial charge >= 0.3 is 0 Å². The molecule has 0 aliphatic rings. The zero-order valence-electron chi connectivity index (χ0n) is 11.4. The van der Waals surface area contributed by atoms with E-state index in [4.69, 9.17) is 6.42 Å². The zero-order chi connectivity index (χ0) is 15.3. The molecule has 6 nitrogen and oxygen atoms in total. The molecule has 1 aromatic rings. The molecule has 0 saturated heterocycles. The summed E-state index contributed by atoms with van der Waals surface area (Å²) in [5.74, 6) is 2.29. The van der Waals surface area contributed by atoms with Crippen LogP contribution < -0.4 is 0 Å². The fourth-order valence-electron chi connectivity index (χ4n) is 1.73. The zero-order valence-corrected chi connectivity index (χ0v) is 12.2. The molecule has 0 aliphatic heterocycles. The molecule has 0 fully saturated rings. The van der Waals surface area contributed by atoms with Crippen molar-refractivity contribution in [3.63, 3.8) is 0 Å². The number of nitrogens with zero attached hydrogens (tertiary/aromatic N) is 2. The van der Waals surface area contributed by atoms with Crippen LogP contribution in [0.5, 0.6) is 0 Å². The maximum atomic E-state index is 12.4. The average molecular weight is 296 g/mol. The van der Waals surface area contributed by atoms with Crippen molar-refractivity contribution < 1.29 is 13.3 Å². The van der Waals surface area contributed by atoms with Crippen molar-refractivity contribution in [3.8, 4) is 12.3 Å². The Morgan fingerprint density at radius 3 is 2.60 bits per heavy atom. The summed E-state index contributed by atoms with van der Waals surface area (Å²) in [6, 6.07) is 3.85. The summed E-state index contributed by atoms with van der Waals surface area (Å²) in [6.07, 6.45) is 5.78. The van der Waals surface area contributed by atoms with E-state index in [0.29, 0.717) is 12.0 Å². The summed E-state index contributed by atoms with van der Waals surface area (Å²) < 4.78 is 26.0. The lowest BCUT2D eigenvalue weighted by atomic mass is 10.2. The third-order valence-electron chi connectivity index (χ3n) is 2.76. The molecule has 1 aromatic carbocycles. The number of hydrogen-bond acceptors (Lipinski definition) is 4. The highest BCUT2D eigenvalue weighted by Gasteiger charge is 2.25. The second kappa shape index (κ2) is 6.50. The van der Waals surface area contributed by atoms with Gasteiger partial charge < -0.3 is 0 Å². The van der Waals surface area contributed by atoms with E-state index in [-0.39, 0.29) is 23.7 Å². The minimum atomic E-state index is -3.81. The summed E-state index contributed by atoms with van der Waals surface area (Å²) >= 11 is 0. The average Bonchev–Trinajstić information content (AvgIpc) is 2.38.